The van der Waals surface area contributed by atoms with E-state index in [0.717, 1.165) is 58.0 Å². The topological polar surface area (TPSA) is 276 Å². The third-order valence-electron chi connectivity index (χ3n) is 18.3. The molecule has 4 aliphatic carbocycles. The number of fused-ring (bicyclic) bond motifs is 7. The average Bonchev–Trinajstić information content (AvgIpc) is 3.72. The summed E-state index contributed by atoms with van der Waals surface area (Å²) >= 11 is 0. The molecule has 0 amide bonds. The molecule has 10 N–H and O–H groups in total. The van der Waals surface area contributed by atoms with Crippen LogP contribution in [-0.4, -0.2) is 188 Å². The van der Waals surface area contributed by atoms with Crippen LogP contribution in [0.25, 0.3) is 0 Å². The van der Waals surface area contributed by atoms with Crippen LogP contribution >= 0.6 is 0 Å². The second-order valence-corrected chi connectivity index (χ2v) is 21.5. The molecule has 9 rings (SSSR count). The van der Waals surface area contributed by atoms with E-state index >= 15 is 0 Å². The van der Waals surface area contributed by atoms with Crippen LogP contribution in [0.15, 0.2) is 0 Å². The molecule has 1 unspecified atom stereocenters. The minimum absolute atomic E-state index is 0.134. The minimum atomic E-state index is -1.89. The van der Waals surface area contributed by atoms with Crippen molar-refractivity contribution in [2.45, 2.75) is 202 Å². The molecule has 0 aromatic rings. The van der Waals surface area contributed by atoms with Crippen molar-refractivity contribution in [2.75, 3.05) is 26.4 Å². The second-order valence-electron chi connectivity index (χ2n) is 21.5. The first-order valence-corrected chi connectivity index (χ1v) is 23.8. The Morgan fingerprint density at radius 3 is 1.84 bits per heavy atom. The van der Waals surface area contributed by atoms with Gasteiger partial charge in [0.2, 0.25) is 0 Å². The molecule has 9 fully saturated rings. The molecule has 18 nitrogen and oxygen atoms in total. The van der Waals surface area contributed by atoms with Crippen LogP contribution in [0.3, 0.4) is 0 Å². The molecule has 0 aromatic carbocycles. The van der Waals surface area contributed by atoms with E-state index in [0.29, 0.717) is 41.4 Å². The Hall–Kier alpha value is -0.720. The number of hydrogen-bond acceptors (Lipinski definition) is 18. The number of aliphatic hydroxyl groups is 10. The summed E-state index contributed by atoms with van der Waals surface area (Å²) in [7, 11) is 0. The lowest BCUT2D eigenvalue weighted by atomic mass is 9.44. The number of rotatable bonds is 9. The molecule has 63 heavy (non-hydrogen) atoms. The fraction of sp³-hybridized carbons (Fsp3) is 1.00. The van der Waals surface area contributed by atoms with Gasteiger partial charge in [-0.15, -0.1) is 0 Å². The van der Waals surface area contributed by atoms with Gasteiger partial charge in [0, 0.05) is 12.3 Å². The molecule has 9 aliphatic rings. The maximum Gasteiger partial charge on any atom is 0.187 e. The number of hydrogen-bond donors (Lipinski definition) is 10. The van der Waals surface area contributed by atoms with E-state index < -0.39 is 118 Å². The highest BCUT2D eigenvalue weighted by molar-refractivity contribution is 5.15. The molecule has 5 saturated heterocycles. The summed E-state index contributed by atoms with van der Waals surface area (Å²) in [5.74, 6) is 3.29. The van der Waals surface area contributed by atoms with Crippen molar-refractivity contribution in [2.24, 2.45) is 52.3 Å². The van der Waals surface area contributed by atoms with Crippen LogP contribution in [0, 0.1) is 52.3 Å². The quantitative estimate of drug-likeness (QED) is 0.128. The van der Waals surface area contributed by atoms with Crippen molar-refractivity contribution in [3.8, 4) is 0 Å². The monoisotopic (exact) mass is 902 g/mol. The third-order valence-corrected chi connectivity index (χ3v) is 18.3. The number of ether oxygens (including phenoxy) is 8. The van der Waals surface area contributed by atoms with Gasteiger partial charge in [0.1, 0.15) is 73.2 Å². The first kappa shape index (κ1) is 47.4. The fourth-order valence-corrected chi connectivity index (χ4v) is 14.7. The Bertz CT molecular complexity index is 1570. The number of aliphatic hydroxyl groups excluding tert-OH is 10. The lowest BCUT2D eigenvalue weighted by Gasteiger charge is -2.61. The van der Waals surface area contributed by atoms with Crippen molar-refractivity contribution in [3.63, 3.8) is 0 Å². The van der Waals surface area contributed by atoms with E-state index in [-0.39, 0.29) is 23.0 Å². The summed E-state index contributed by atoms with van der Waals surface area (Å²) in [6, 6.07) is 0. The lowest BCUT2D eigenvalue weighted by molar-refractivity contribution is -0.390. The van der Waals surface area contributed by atoms with Crippen molar-refractivity contribution in [3.05, 3.63) is 0 Å². The van der Waals surface area contributed by atoms with Crippen molar-refractivity contribution >= 4 is 0 Å². The molecule has 362 valence electrons. The summed E-state index contributed by atoms with van der Waals surface area (Å²) in [5.41, 5.74) is 0.364. The lowest BCUT2D eigenvalue weighted by Crippen LogP contribution is -2.67. The predicted molar refractivity (Wildman–Crippen MR) is 216 cm³/mol. The molecular weight excluding hydrogens is 828 g/mol. The molecule has 18 heteroatoms. The van der Waals surface area contributed by atoms with Gasteiger partial charge in [-0.05, 0) is 104 Å². The van der Waals surface area contributed by atoms with E-state index in [2.05, 4.69) is 27.7 Å². The van der Waals surface area contributed by atoms with Gasteiger partial charge >= 0.3 is 0 Å². The van der Waals surface area contributed by atoms with Gasteiger partial charge in [0.15, 0.2) is 24.7 Å². The molecule has 5 heterocycles. The summed E-state index contributed by atoms with van der Waals surface area (Å²) in [6.07, 6.45) is -14.2. The smallest absolute Gasteiger partial charge is 0.187 e. The van der Waals surface area contributed by atoms with Gasteiger partial charge in [-0.2, -0.15) is 0 Å². The minimum Gasteiger partial charge on any atom is -0.394 e. The third kappa shape index (κ3) is 7.88. The van der Waals surface area contributed by atoms with Crippen molar-refractivity contribution in [1.29, 1.82) is 0 Å². The molecule has 27 atom stereocenters. The summed E-state index contributed by atoms with van der Waals surface area (Å²) in [5, 5.41) is 106. The van der Waals surface area contributed by atoms with Gasteiger partial charge in [0.25, 0.3) is 0 Å². The van der Waals surface area contributed by atoms with Crippen molar-refractivity contribution < 1.29 is 89.0 Å². The maximum absolute atomic E-state index is 11.5. The van der Waals surface area contributed by atoms with Crippen LogP contribution in [-0.2, 0) is 37.9 Å². The zero-order valence-corrected chi connectivity index (χ0v) is 37.0. The largest absolute Gasteiger partial charge is 0.394 e. The van der Waals surface area contributed by atoms with Crippen LogP contribution in [0.1, 0.15) is 91.9 Å². The molecule has 0 aromatic heterocycles. The maximum atomic E-state index is 11.5. The SMILES string of the molecule is CC1CC[C@@]2(OC1)O[C@H]1C[C@H]3[C@@H]4CC[C@H]5C[C@@H](O[C@@H]6O[C@H](CO)[C@H](O[C@@H]7O[C@H](CO)[C@@H](O)[C@H](O)[C@H]7O[C@@H]7O[C@H](CO)[C@H](O)[C@H](O)[C@H]7O)[C@H](O)[C@H]6O)CC[C@]5(C)[C@H]4CC[C@]3(C)[C@H]1[C@@H]2C. The normalized spacial score (nSPS) is 58.2. The van der Waals surface area contributed by atoms with Crippen LogP contribution in [0.4, 0.5) is 0 Å². The zero-order valence-electron chi connectivity index (χ0n) is 37.0. The van der Waals surface area contributed by atoms with Gasteiger partial charge in [0.05, 0.1) is 38.6 Å². The van der Waals surface area contributed by atoms with Gasteiger partial charge in [-0.3, -0.25) is 0 Å². The highest BCUT2D eigenvalue weighted by atomic mass is 16.8. The molecule has 0 radical (unpaired) electrons. The highest BCUT2D eigenvalue weighted by Gasteiger charge is 2.69. The summed E-state index contributed by atoms with van der Waals surface area (Å²) in [6.45, 7) is 8.23. The summed E-state index contributed by atoms with van der Waals surface area (Å²) in [4.78, 5) is 0. The molecule has 1 spiro atoms. The Morgan fingerprint density at radius 2 is 1.16 bits per heavy atom. The Balaban J connectivity index is 0.833. The van der Waals surface area contributed by atoms with E-state index in [1.165, 1.54) is 12.8 Å². The highest BCUT2D eigenvalue weighted by Crippen LogP contribution is 2.71. The van der Waals surface area contributed by atoms with E-state index in [1.54, 1.807) is 0 Å². The average molecular weight is 903 g/mol. The van der Waals surface area contributed by atoms with E-state index in [1.807, 2.05) is 0 Å². The van der Waals surface area contributed by atoms with Gasteiger partial charge in [-0.25, -0.2) is 0 Å². The van der Waals surface area contributed by atoms with Crippen LogP contribution in [0.2, 0.25) is 0 Å². The van der Waals surface area contributed by atoms with E-state index in [9.17, 15) is 51.1 Å². The molecular formula is C45H74O18. The summed E-state index contributed by atoms with van der Waals surface area (Å²) < 4.78 is 49.0. The van der Waals surface area contributed by atoms with Crippen LogP contribution in [0.5, 0.6) is 0 Å². The first-order chi connectivity index (χ1) is 30.0. The first-order valence-electron chi connectivity index (χ1n) is 23.8. The Morgan fingerprint density at radius 1 is 0.556 bits per heavy atom. The standard InChI is InChI=1S/C45H74O18/c1-19-7-12-45(56-18-19)20(2)30-26(63-45)14-25-23-6-5-21-13-22(8-10-43(21,3)24(23)9-11-44(25,30)4)57-40-37(55)35(53)38(29(17-48)60-40)61-42-39(34(52)32(50)28(16-47)59-42)62-41-36(54)33(51)31(49)27(15-46)58-41/h19-42,46-55H,5-18H2,1-4H3/t19?,20-,21-,22-,23+,24-,25-,26-,27+,28+,29+,30-,31-,32+,33-,34-,35+,36+,37+,38-,39+,40+,41-,42-,43-,44-,45+/m0/s1. The fourth-order valence-electron chi connectivity index (χ4n) is 14.7. The molecule has 5 aliphatic heterocycles. The molecule has 4 saturated carbocycles. The van der Waals surface area contributed by atoms with Gasteiger partial charge < -0.3 is 89.0 Å². The van der Waals surface area contributed by atoms with Crippen molar-refractivity contribution in [1.82, 2.24) is 0 Å². The van der Waals surface area contributed by atoms with Crippen LogP contribution < -0.4 is 0 Å². The molecule has 0 bridgehead atoms. The second kappa shape index (κ2) is 18.0. The van der Waals surface area contributed by atoms with Gasteiger partial charge in [-0.1, -0.05) is 27.7 Å². The Kier molecular flexibility index (Phi) is 13.5. The Labute approximate surface area is 369 Å². The van der Waals surface area contributed by atoms with E-state index in [4.69, 9.17) is 37.9 Å². The zero-order chi connectivity index (χ0) is 44.9. The predicted octanol–water partition coefficient (Wildman–Crippen LogP) is -0.734.